The van der Waals surface area contributed by atoms with Gasteiger partial charge in [0, 0.05) is 12.1 Å². The highest BCUT2D eigenvalue weighted by Gasteiger charge is 2.15. The normalized spacial score (nSPS) is 10.4. The second-order valence-corrected chi connectivity index (χ2v) is 5.56. The number of benzene rings is 2. The number of carbonyl (C=O) groups is 1. The molecular weight excluding hydrogens is 302 g/mol. The van der Waals surface area contributed by atoms with Crippen LogP contribution in [-0.4, -0.2) is 23.2 Å². The molecule has 0 saturated heterocycles. The first kappa shape index (κ1) is 15.8. The Hall–Kier alpha value is -3.08. The van der Waals surface area contributed by atoms with E-state index in [1.165, 1.54) is 5.56 Å². The molecular formula is C19H19N3O2. The van der Waals surface area contributed by atoms with Gasteiger partial charge in [0.1, 0.15) is 5.75 Å². The number of nitrogens with one attached hydrogen (secondary N) is 2. The zero-order valence-corrected chi connectivity index (χ0v) is 13.7. The molecule has 0 aliphatic carbocycles. The van der Waals surface area contributed by atoms with Gasteiger partial charge < -0.3 is 10.1 Å². The van der Waals surface area contributed by atoms with E-state index in [4.69, 9.17) is 4.74 Å². The number of amides is 1. The molecule has 1 amide bonds. The fourth-order valence-corrected chi connectivity index (χ4v) is 2.56. The van der Waals surface area contributed by atoms with Crippen LogP contribution in [0.2, 0.25) is 0 Å². The molecule has 5 nitrogen and oxygen atoms in total. The highest BCUT2D eigenvalue weighted by molar-refractivity contribution is 5.99. The third-order valence-electron chi connectivity index (χ3n) is 3.78. The van der Waals surface area contributed by atoms with Gasteiger partial charge in [0.2, 0.25) is 0 Å². The first-order chi connectivity index (χ1) is 11.7. The summed E-state index contributed by atoms with van der Waals surface area (Å²) in [5.41, 5.74) is 4.27. The molecule has 0 aliphatic heterocycles. The number of H-pyrrole nitrogens is 1. The van der Waals surface area contributed by atoms with Crippen LogP contribution in [0.15, 0.2) is 54.7 Å². The number of aryl methyl sites for hydroxylation is 1. The van der Waals surface area contributed by atoms with Gasteiger partial charge in [-0.05, 0) is 24.6 Å². The Kier molecular flexibility index (Phi) is 4.61. The molecule has 1 heterocycles. The van der Waals surface area contributed by atoms with E-state index in [2.05, 4.69) is 21.6 Å². The second kappa shape index (κ2) is 7.00. The molecule has 0 aliphatic rings. The Balaban J connectivity index is 1.78. The van der Waals surface area contributed by atoms with E-state index in [-0.39, 0.29) is 5.91 Å². The van der Waals surface area contributed by atoms with Crippen molar-refractivity contribution in [2.45, 2.75) is 13.5 Å². The van der Waals surface area contributed by atoms with Crippen molar-refractivity contribution in [3.8, 4) is 17.0 Å². The lowest BCUT2D eigenvalue weighted by atomic mass is 10.1. The monoisotopic (exact) mass is 321 g/mol. The van der Waals surface area contributed by atoms with Crippen LogP contribution in [0, 0.1) is 6.92 Å². The summed E-state index contributed by atoms with van der Waals surface area (Å²) in [6.45, 7) is 2.51. The summed E-state index contributed by atoms with van der Waals surface area (Å²) in [6, 6.07) is 15.6. The molecule has 122 valence electrons. The van der Waals surface area contributed by atoms with Crippen LogP contribution in [0.1, 0.15) is 21.5 Å². The highest BCUT2D eigenvalue weighted by Crippen LogP contribution is 2.25. The number of carbonyl (C=O) groups excluding carboxylic acids is 1. The maximum atomic E-state index is 12.5. The van der Waals surface area contributed by atoms with E-state index >= 15 is 0 Å². The molecule has 2 aromatic carbocycles. The molecule has 0 atom stereocenters. The van der Waals surface area contributed by atoms with E-state index in [9.17, 15) is 4.79 Å². The average molecular weight is 321 g/mol. The standard InChI is InChI=1S/C19H19N3O2/c1-13-5-3-6-14(9-13)11-20-19(23)17-12-21-22-18(17)15-7-4-8-16(10-15)24-2/h3-10,12H,11H2,1-2H3,(H,20,23)(H,21,22). The van der Waals surface area contributed by atoms with Gasteiger partial charge in [0.15, 0.2) is 0 Å². The molecule has 24 heavy (non-hydrogen) atoms. The molecule has 0 bridgehead atoms. The van der Waals surface area contributed by atoms with Gasteiger partial charge in [-0.1, -0.05) is 42.0 Å². The quantitative estimate of drug-likeness (QED) is 0.757. The van der Waals surface area contributed by atoms with Gasteiger partial charge in [0.25, 0.3) is 5.91 Å². The first-order valence-corrected chi connectivity index (χ1v) is 7.69. The number of methoxy groups -OCH3 is 1. The van der Waals surface area contributed by atoms with E-state index in [0.29, 0.717) is 17.8 Å². The highest BCUT2D eigenvalue weighted by atomic mass is 16.5. The largest absolute Gasteiger partial charge is 0.497 e. The van der Waals surface area contributed by atoms with Crippen LogP contribution in [0.25, 0.3) is 11.3 Å². The van der Waals surface area contributed by atoms with Crippen LogP contribution in [0.3, 0.4) is 0 Å². The predicted molar refractivity (Wildman–Crippen MR) is 92.9 cm³/mol. The van der Waals surface area contributed by atoms with Gasteiger partial charge >= 0.3 is 0 Å². The summed E-state index contributed by atoms with van der Waals surface area (Å²) >= 11 is 0. The first-order valence-electron chi connectivity index (χ1n) is 7.69. The van der Waals surface area contributed by atoms with E-state index in [0.717, 1.165) is 16.9 Å². The minimum absolute atomic E-state index is 0.164. The summed E-state index contributed by atoms with van der Waals surface area (Å²) < 4.78 is 5.23. The Labute approximate surface area is 140 Å². The van der Waals surface area contributed by atoms with Crippen LogP contribution in [0.5, 0.6) is 5.75 Å². The second-order valence-electron chi connectivity index (χ2n) is 5.56. The zero-order valence-electron chi connectivity index (χ0n) is 13.7. The van der Waals surface area contributed by atoms with Crippen molar-refractivity contribution in [1.29, 1.82) is 0 Å². The Morgan fingerprint density at radius 3 is 2.83 bits per heavy atom. The molecule has 0 fully saturated rings. The maximum Gasteiger partial charge on any atom is 0.255 e. The molecule has 3 rings (SSSR count). The number of nitrogens with zero attached hydrogens (tertiary/aromatic N) is 1. The number of hydrogen-bond acceptors (Lipinski definition) is 3. The van der Waals surface area contributed by atoms with Crippen LogP contribution in [0.4, 0.5) is 0 Å². The molecule has 0 radical (unpaired) electrons. The topological polar surface area (TPSA) is 67.0 Å². The average Bonchev–Trinajstić information content (AvgIpc) is 3.09. The Morgan fingerprint density at radius 1 is 1.21 bits per heavy atom. The van der Waals surface area contributed by atoms with Crippen LogP contribution in [-0.2, 0) is 6.54 Å². The van der Waals surface area contributed by atoms with E-state index in [1.54, 1.807) is 13.3 Å². The fourth-order valence-electron chi connectivity index (χ4n) is 2.56. The van der Waals surface area contributed by atoms with Gasteiger partial charge in [-0.2, -0.15) is 5.10 Å². The Morgan fingerprint density at radius 2 is 2.04 bits per heavy atom. The van der Waals surface area contributed by atoms with Gasteiger partial charge in [-0.15, -0.1) is 0 Å². The van der Waals surface area contributed by atoms with Crippen molar-refractivity contribution >= 4 is 5.91 Å². The molecule has 0 saturated carbocycles. The van der Waals surface area contributed by atoms with E-state index < -0.39 is 0 Å². The summed E-state index contributed by atoms with van der Waals surface area (Å²) in [5, 5.41) is 9.85. The van der Waals surface area contributed by atoms with Gasteiger partial charge in [-0.25, -0.2) is 0 Å². The molecule has 0 unspecified atom stereocenters. The van der Waals surface area contributed by atoms with Crippen molar-refractivity contribution in [2.24, 2.45) is 0 Å². The van der Waals surface area contributed by atoms with Gasteiger partial charge in [-0.3, -0.25) is 9.89 Å². The lowest BCUT2D eigenvalue weighted by molar-refractivity contribution is 0.0951. The molecule has 2 N–H and O–H groups in total. The maximum absolute atomic E-state index is 12.5. The van der Waals surface area contributed by atoms with Gasteiger partial charge in [0.05, 0.1) is 24.6 Å². The van der Waals surface area contributed by atoms with Crippen molar-refractivity contribution in [2.75, 3.05) is 7.11 Å². The number of aromatic amines is 1. The van der Waals surface area contributed by atoms with Crippen molar-refractivity contribution in [3.05, 3.63) is 71.4 Å². The molecule has 1 aromatic heterocycles. The van der Waals surface area contributed by atoms with Crippen molar-refractivity contribution in [3.63, 3.8) is 0 Å². The molecule has 5 heteroatoms. The summed E-state index contributed by atoms with van der Waals surface area (Å²) in [5.74, 6) is 0.566. The third kappa shape index (κ3) is 3.46. The minimum Gasteiger partial charge on any atom is -0.497 e. The summed E-state index contributed by atoms with van der Waals surface area (Å²) in [7, 11) is 1.61. The third-order valence-corrected chi connectivity index (χ3v) is 3.78. The SMILES string of the molecule is COc1cccc(-c2[nH]ncc2C(=O)NCc2cccc(C)c2)c1. The minimum atomic E-state index is -0.164. The molecule has 0 spiro atoms. The lowest BCUT2D eigenvalue weighted by Gasteiger charge is -2.07. The van der Waals surface area contributed by atoms with Crippen molar-refractivity contribution < 1.29 is 9.53 Å². The zero-order chi connectivity index (χ0) is 16.9. The number of aromatic nitrogens is 2. The number of hydrogen-bond donors (Lipinski definition) is 2. The van der Waals surface area contributed by atoms with Crippen LogP contribution < -0.4 is 10.1 Å². The molecule has 3 aromatic rings. The smallest absolute Gasteiger partial charge is 0.255 e. The van der Waals surface area contributed by atoms with Crippen molar-refractivity contribution in [1.82, 2.24) is 15.5 Å². The fraction of sp³-hybridized carbons (Fsp3) is 0.158. The van der Waals surface area contributed by atoms with E-state index in [1.807, 2.05) is 49.4 Å². The lowest BCUT2D eigenvalue weighted by Crippen LogP contribution is -2.23. The van der Waals surface area contributed by atoms with Crippen LogP contribution >= 0.6 is 0 Å². The number of rotatable bonds is 5. The predicted octanol–water partition coefficient (Wildman–Crippen LogP) is 3.32. The Bertz CT molecular complexity index is 855. The summed E-state index contributed by atoms with van der Waals surface area (Å²) in [6.07, 6.45) is 1.54. The number of ether oxygens (including phenoxy) is 1. The summed E-state index contributed by atoms with van der Waals surface area (Å²) in [4.78, 5) is 12.5.